The molecule has 3 aromatic rings. The molecule has 0 spiro atoms. The molecule has 0 aliphatic carbocycles. The molecule has 1 heterocycles. The Bertz CT molecular complexity index is 798. The lowest BCUT2D eigenvalue weighted by Crippen LogP contribution is -2.20. The van der Waals surface area contributed by atoms with E-state index in [9.17, 15) is 5.11 Å². The minimum atomic E-state index is -0.578. The van der Waals surface area contributed by atoms with Crippen molar-refractivity contribution in [1.29, 1.82) is 0 Å². The lowest BCUT2D eigenvalue weighted by Gasteiger charge is -2.14. The molecule has 24 heavy (non-hydrogen) atoms. The van der Waals surface area contributed by atoms with E-state index >= 15 is 0 Å². The first kappa shape index (κ1) is 16.8. The zero-order valence-corrected chi connectivity index (χ0v) is 14.6. The standard InChI is InChI=1S/C18H21N3O2S/c1-13(2)21-12-19-20-18(21)24-11-15(22)10-23-17-9-5-7-14-6-3-4-8-16(14)17/h3-9,12-13,15,22H,10-11H2,1-2H3. The van der Waals surface area contributed by atoms with Gasteiger partial charge in [-0.3, -0.25) is 0 Å². The first-order valence-corrected chi connectivity index (χ1v) is 8.94. The number of benzene rings is 2. The van der Waals surface area contributed by atoms with Crippen molar-refractivity contribution in [3.8, 4) is 5.75 Å². The number of rotatable bonds is 7. The normalized spacial score (nSPS) is 12.7. The Hall–Kier alpha value is -2.05. The minimum Gasteiger partial charge on any atom is -0.490 e. The third-order valence-electron chi connectivity index (χ3n) is 3.68. The molecule has 1 N–H and O–H groups in total. The van der Waals surface area contributed by atoms with Crippen LogP contribution in [0.25, 0.3) is 10.8 Å². The number of aromatic nitrogens is 3. The molecular weight excluding hydrogens is 322 g/mol. The highest BCUT2D eigenvalue weighted by molar-refractivity contribution is 7.99. The minimum absolute atomic E-state index is 0.247. The number of fused-ring (bicyclic) bond motifs is 1. The summed E-state index contributed by atoms with van der Waals surface area (Å²) in [5, 5.41) is 21.2. The van der Waals surface area contributed by atoms with Gasteiger partial charge in [0.25, 0.3) is 0 Å². The van der Waals surface area contributed by atoms with E-state index in [0.717, 1.165) is 21.7 Å². The van der Waals surface area contributed by atoms with Crippen LogP contribution in [0, 0.1) is 0 Å². The third kappa shape index (κ3) is 3.88. The highest BCUT2D eigenvalue weighted by atomic mass is 32.2. The maximum atomic E-state index is 10.2. The second kappa shape index (κ2) is 7.68. The SMILES string of the molecule is CC(C)n1cnnc1SCC(O)COc1cccc2ccccc12. The van der Waals surface area contributed by atoms with Crippen LogP contribution in [0.1, 0.15) is 19.9 Å². The molecule has 2 aromatic carbocycles. The number of ether oxygens (including phenoxy) is 1. The fourth-order valence-corrected chi connectivity index (χ4v) is 3.37. The average molecular weight is 343 g/mol. The van der Waals surface area contributed by atoms with Crippen LogP contribution >= 0.6 is 11.8 Å². The van der Waals surface area contributed by atoms with Gasteiger partial charge in [0.2, 0.25) is 0 Å². The van der Waals surface area contributed by atoms with Crippen LogP contribution in [0.15, 0.2) is 53.9 Å². The summed E-state index contributed by atoms with van der Waals surface area (Å²) in [5.74, 6) is 1.30. The van der Waals surface area contributed by atoms with Crippen LogP contribution in [0.3, 0.4) is 0 Å². The van der Waals surface area contributed by atoms with Crippen LogP contribution in [0.5, 0.6) is 5.75 Å². The molecule has 5 nitrogen and oxygen atoms in total. The van der Waals surface area contributed by atoms with Crippen molar-refractivity contribution < 1.29 is 9.84 Å². The summed E-state index contributed by atoms with van der Waals surface area (Å²) in [4.78, 5) is 0. The second-order valence-corrected chi connectivity index (χ2v) is 6.85. The molecule has 6 heteroatoms. The van der Waals surface area contributed by atoms with Crippen LogP contribution in [0.4, 0.5) is 0 Å². The molecule has 0 amide bonds. The molecule has 126 valence electrons. The number of thioether (sulfide) groups is 1. The van der Waals surface area contributed by atoms with Gasteiger partial charge in [-0.25, -0.2) is 0 Å². The van der Waals surface area contributed by atoms with E-state index in [-0.39, 0.29) is 6.61 Å². The number of nitrogens with zero attached hydrogens (tertiary/aromatic N) is 3. The van der Waals surface area contributed by atoms with Crippen molar-refractivity contribution in [2.45, 2.75) is 31.1 Å². The van der Waals surface area contributed by atoms with Crippen molar-refractivity contribution in [3.05, 3.63) is 48.8 Å². The first-order valence-electron chi connectivity index (χ1n) is 7.96. The van der Waals surface area contributed by atoms with E-state index < -0.39 is 6.10 Å². The van der Waals surface area contributed by atoms with Crippen molar-refractivity contribution in [2.24, 2.45) is 0 Å². The summed E-state index contributed by atoms with van der Waals surface area (Å²) in [6, 6.07) is 14.3. The largest absolute Gasteiger partial charge is 0.490 e. The highest BCUT2D eigenvalue weighted by Gasteiger charge is 2.12. The lowest BCUT2D eigenvalue weighted by atomic mass is 10.1. The van der Waals surface area contributed by atoms with E-state index in [4.69, 9.17) is 4.74 Å². The number of hydrogen-bond acceptors (Lipinski definition) is 5. The molecule has 0 saturated carbocycles. The molecule has 1 aromatic heterocycles. The molecule has 0 bridgehead atoms. The van der Waals surface area contributed by atoms with Crippen molar-refractivity contribution in [1.82, 2.24) is 14.8 Å². The van der Waals surface area contributed by atoms with Crippen molar-refractivity contribution >= 4 is 22.5 Å². The van der Waals surface area contributed by atoms with E-state index in [1.807, 2.05) is 47.0 Å². The highest BCUT2D eigenvalue weighted by Crippen LogP contribution is 2.25. The molecule has 1 unspecified atom stereocenters. The fraction of sp³-hybridized carbons (Fsp3) is 0.333. The third-order valence-corrected chi connectivity index (χ3v) is 4.78. The Kier molecular flexibility index (Phi) is 5.37. The second-order valence-electron chi connectivity index (χ2n) is 5.87. The Morgan fingerprint density at radius 1 is 1.17 bits per heavy atom. The van der Waals surface area contributed by atoms with Crippen LogP contribution < -0.4 is 4.74 Å². The monoisotopic (exact) mass is 343 g/mol. The number of aliphatic hydroxyl groups excluding tert-OH is 1. The Morgan fingerprint density at radius 2 is 1.96 bits per heavy atom. The molecule has 0 aliphatic heterocycles. The molecule has 0 aliphatic rings. The molecular formula is C18H21N3O2S. The van der Waals surface area contributed by atoms with E-state index in [1.54, 1.807) is 6.33 Å². The van der Waals surface area contributed by atoms with Gasteiger partial charge in [-0.05, 0) is 25.3 Å². The topological polar surface area (TPSA) is 60.2 Å². The molecule has 1 atom stereocenters. The summed E-state index contributed by atoms with van der Waals surface area (Å²) < 4.78 is 7.81. The van der Waals surface area contributed by atoms with Gasteiger partial charge in [0, 0.05) is 17.2 Å². The summed E-state index contributed by atoms with van der Waals surface area (Å²) >= 11 is 1.49. The van der Waals surface area contributed by atoms with Gasteiger partial charge in [0.1, 0.15) is 18.7 Å². The van der Waals surface area contributed by atoms with Gasteiger partial charge in [-0.2, -0.15) is 0 Å². The van der Waals surface area contributed by atoms with E-state index in [1.165, 1.54) is 11.8 Å². The predicted molar refractivity (Wildman–Crippen MR) is 96.6 cm³/mol. The first-order chi connectivity index (χ1) is 11.6. The van der Waals surface area contributed by atoms with Crippen LogP contribution in [0.2, 0.25) is 0 Å². The Labute approximate surface area is 145 Å². The Morgan fingerprint density at radius 3 is 2.79 bits per heavy atom. The van der Waals surface area contributed by atoms with Crippen molar-refractivity contribution in [3.63, 3.8) is 0 Å². The van der Waals surface area contributed by atoms with E-state index in [0.29, 0.717) is 11.8 Å². The molecule has 0 fully saturated rings. The van der Waals surface area contributed by atoms with Crippen molar-refractivity contribution in [2.75, 3.05) is 12.4 Å². The smallest absolute Gasteiger partial charge is 0.191 e. The Balaban J connectivity index is 1.57. The lowest BCUT2D eigenvalue weighted by molar-refractivity contribution is 0.127. The summed E-state index contributed by atoms with van der Waals surface area (Å²) in [7, 11) is 0. The summed E-state index contributed by atoms with van der Waals surface area (Å²) in [6.07, 6.45) is 1.14. The van der Waals surface area contributed by atoms with Crippen LogP contribution in [-0.2, 0) is 0 Å². The fourth-order valence-electron chi connectivity index (χ4n) is 2.42. The van der Waals surface area contributed by atoms with E-state index in [2.05, 4.69) is 24.0 Å². The number of aliphatic hydroxyl groups is 1. The summed E-state index contributed by atoms with van der Waals surface area (Å²) in [5.41, 5.74) is 0. The summed E-state index contributed by atoms with van der Waals surface area (Å²) in [6.45, 7) is 4.40. The quantitative estimate of drug-likeness (QED) is 0.665. The number of hydrogen-bond donors (Lipinski definition) is 1. The van der Waals surface area contributed by atoms with Gasteiger partial charge in [-0.1, -0.05) is 48.2 Å². The maximum Gasteiger partial charge on any atom is 0.191 e. The molecule has 3 rings (SSSR count). The predicted octanol–water partition coefficient (Wildman–Crippen LogP) is 3.54. The van der Waals surface area contributed by atoms with Gasteiger partial charge in [0.15, 0.2) is 5.16 Å². The molecule has 0 radical (unpaired) electrons. The van der Waals surface area contributed by atoms with Crippen LogP contribution in [-0.4, -0.2) is 38.3 Å². The molecule has 0 saturated heterocycles. The zero-order valence-electron chi connectivity index (χ0n) is 13.8. The average Bonchev–Trinajstić information content (AvgIpc) is 3.07. The van der Waals surface area contributed by atoms with Gasteiger partial charge >= 0.3 is 0 Å². The van der Waals surface area contributed by atoms with Gasteiger partial charge < -0.3 is 14.4 Å². The maximum absolute atomic E-state index is 10.2. The zero-order chi connectivity index (χ0) is 16.9. The van der Waals surface area contributed by atoms with Gasteiger partial charge in [0.05, 0.1) is 6.10 Å². The van der Waals surface area contributed by atoms with Gasteiger partial charge in [-0.15, -0.1) is 10.2 Å².